The highest BCUT2D eigenvalue weighted by atomic mass is 35.5. The smallest absolute Gasteiger partial charge is 0.270 e. The maximum Gasteiger partial charge on any atom is 0.270 e. The number of hydrogen-bond acceptors (Lipinski definition) is 5. The van der Waals surface area contributed by atoms with E-state index in [0.29, 0.717) is 12.2 Å². The SMILES string of the molecule is O=C(NCCCN1CCN(c2ccccc2F)CC1)c1cc([N+](=O)[O-])ccc1Cl. The molecular weight excluding hydrogens is 399 g/mol. The Bertz CT molecular complexity index is 888. The van der Waals surface area contributed by atoms with E-state index in [2.05, 4.69) is 10.2 Å². The van der Waals surface area contributed by atoms with Crippen molar-refractivity contribution in [1.82, 2.24) is 10.2 Å². The predicted octanol–water partition coefficient (Wildman–Crippen LogP) is 3.33. The number of nitrogens with zero attached hydrogens (tertiary/aromatic N) is 3. The average Bonchev–Trinajstić information content (AvgIpc) is 2.72. The number of para-hydroxylation sites is 1. The molecular formula is C20H22ClFN4O3. The van der Waals surface area contributed by atoms with Crippen molar-refractivity contribution in [3.63, 3.8) is 0 Å². The molecule has 0 aromatic heterocycles. The minimum Gasteiger partial charge on any atom is -0.367 e. The third-order valence-electron chi connectivity index (χ3n) is 4.91. The molecule has 1 amide bonds. The van der Waals surface area contributed by atoms with Crippen molar-refractivity contribution in [1.29, 1.82) is 0 Å². The van der Waals surface area contributed by atoms with Gasteiger partial charge in [0, 0.05) is 44.9 Å². The molecule has 1 aliphatic heterocycles. The summed E-state index contributed by atoms with van der Waals surface area (Å²) in [5.74, 6) is -0.633. The molecule has 154 valence electrons. The summed E-state index contributed by atoms with van der Waals surface area (Å²) in [5, 5.41) is 13.8. The Morgan fingerprint density at radius 2 is 1.90 bits per heavy atom. The molecule has 0 radical (unpaired) electrons. The summed E-state index contributed by atoms with van der Waals surface area (Å²) in [6, 6.07) is 10.6. The summed E-state index contributed by atoms with van der Waals surface area (Å²) >= 11 is 5.98. The van der Waals surface area contributed by atoms with Gasteiger partial charge in [-0.25, -0.2) is 4.39 Å². The fourth-order valence-corrected chi connectivity index (χ4v) is 3.52. The van der Waals surface area contributed by atoms with E-state index in [1.807, 2.05) is 11.0 Å². The molecule has 0 bridgehead atoms. The molecule has 1 N–H and O–H groups in total. The van der Waals surface area contributed by atoms with Gasteiger partial charge in [-0.05, 0) is 31.2 Å². The van der Waals surface area contributed by atoms with E-state index in [0.717, 1.165) is 39.1 Å². The molecule has 29 heavy (non-hydrogen) atoms. The molecule has 7 nitrogen and oxygen atoms in total. The van der Waals surface area contributed by atoms with Gasteiger partial charge in [-0.1, -0.05) is 23.7 Å². The van der Waals surface area contributed by atoms with Crippen molar-refractivity contribution in [2.75, 3.05) is 44.2 Å². The van der Waals surface area contributed by atoms with Gasteiger partial charge in [0.05, 0.1) is 21.2 Å². The lowest BCUT2D eigenvalue weighted by molar-refractivity contribution is -0.384. The molecule has 1 heterocycles. The number of non-ortho nitro benzene ring substituents is 1. The van der Waals surface area contributed by atoms with Crippen molar-refractivity contribution in [2.45, 2.75) is 6.42 Å². The number of nitro groups is 1. The van der Waals surface area contributed by atoms with Gasteiger partial charge < -0.3 is 10.2 Å². The van der Waals surface area contributed by atoms with Crippen LogP contribution in [0.15, 0.2) is 42.5 Å². The van der Waals surface area contributed by atoms with Crippen LogP contribution in [0.1, 0.15) is 16.8 Å². The van der Waals surface area contributed by atoms with Crippen LogP contribution in [0.4, 0.5) is 15.8 Å². The van der Waals surface area contributed by atoms with Crippen LogP contribution in [-0.2, 0) is 0 Å². The van der Waals surface area contributed by atoms with E-state index in [-0.39, 0.29) is 22.1 Å². The van der Waals surface area contributed by atoms with Crippen molar-refractivity contribution in [2.24, 2.45) is 0 Å². The van der Waals surface area contributed by atoms with Crippen LogP contribution in [0, 0.1) is 15.9 Å². The number of benzene rings is 2. The molecule has 0 atom stereocenters. The van der Waals surface area contributed by atoms with Gasteiger partial charge >= 0.3 is 0 Å². The van der Waals surface area contributed by atoms with Gasteiger partial charge in [-0.15, -0.1) is 0 Å². The first-order valence-corrected chi connectivity index (χ1v) is 9.77. The molecule has 0 saturated carbocycles. The number of nitrogens with one attached hydrogen (secondary N) is 1. The van der Waals surface area contributed by atoms with Crippen LogP contribution >= 0.6 is 11.6 Å². The van der Waals surface area contributed by atoms with Gasteiger partial charge in [0.2, 0.25) is 0 Å². The summed E-state index contributed by atoms with van der Waals surface area (Å²) in [7, 11) is 0. The van der Waals surface area contributed by atoms with Gasteiger partial charge in [0.1, 0.15) is 5.82 Å². The van der Waals surface area contributed by atoms with Crippen LogP contribution in [-0.4, -0.2) is 55.0 Å². The number of piperazine rings is 1. The zero-order chi connectivity index (χ0) is 20.8. The zero-order valence-electron chi connectivity index (χ0n) is 15.8. The third-order valence-corrected chi connectivity index (χ3v) is 5.24. The Labute approximate surface area is 173 Å². The van der Waals surface area contributed by atoms with Crippen LogP contribution in [0.2, 0.25) is 5.02 Å². The summed E-state index contributed by atoms with van der Waals surface area (Å²) in [6.45, 7) is 4.37. The topological polar surface area (TPSA) is 78.7 Å². The first kappa shape index (κ1) is 21.0. The molecule has 1 saturated heterocycles. The third kappa shape index (κ3) is 5.42. The second-order valence-corrected chi connectivity index (χ2v) is 7.22. The summed E-state index contributed by atoms with van der Waals surface area (Å²) in [4.78, 5) is 26.9. The van der Waals surface area contributed by atoms with Gasteiger partial charge in [0.25, 0.3) is 11.6 Å². The van der Waals surface area contributed by atoms with E-state index in [1.54, 1.807) is 12.1 Å². The summed E-state index contributed by atoms with van der Waals surface area (Å²) in [5.41, 5.74) is 0.555. The highest BCUT2D eigenvalue weighted by Crippen LogP contribution is 2.22. The fraction of sp³-hybridized carbons (Fsp3) is 0.350. The van der Waals surface area contributed by atoms with Crippen molar-refractivity contribution < 1.29 is 14.1 Å². The zero-order valence-corrected chi connectivity index (χ0v) is 16.6. The second kappa shape index (κ2) is 9.67. The van der Waals surface area contributed by atoms with Gasteiger partial charge in [-0.3, -0.25) is 19.8 Å². The highest BCUT2D eigenvalue weighted by molar-refractivity contribution is 6.33. The number of carbonyl (C=O) groups excluding carboxylic acids is 1. The number of amides is 1. The van der Waals surface area contributed by atoms with Crippen LogP contribution in [0.25, 0.3) is 0 Å². The fourth-order valence-electron chi connectivity index (χ4n) is 3.32. The number of rotatable bonds is 7. The van der Waals surface area contributed by atoms with Crippen LogP contribution < -0.4 is 10.2 Å². The molecule has 0 spiro atoms. The van der Waals surface area contributed by atoms with E-state index >= 15 is 0 Å². The molecule has 3 rings (SSSR count). The largest absolute Gasteiger partial charge is 0.367 e. The quantitative estimate of drug-likeness (QED) is 0.422. The Morgan fingerprint density at radius 1 is 1.17 bits per heavy atom. The number of hydrogen-bond donors (Lipinski definition) is 1. The lowest BCUT2D eigenvalue weighted by atomic mass is 10.2. The Kier molecular flexibility index (Phi) is 7.00. The first-order valence-electron chi connectivity index (χ1n) is 9.39. The molecule has 2 aromatic rings. The van der Waals surface area contributed by atoms with Crippen molar-refractivity contribution in [3.05, 3.63) is 69.0 Å². The van der Waals surface area contributed by atoms with Crippen molar-refractivity contribution >= 4 is 28.9 Å². The number of anilines is 1. The maximum absolute atomic E-state index is 13.9. The number of carbonyl (C=O) groups is 1. The minimum atomic E-state index is -0.561. The highest BCUT2D eigenvalue weighted by Gasteiger charge is 2.19. The lowest BCUT2D eigenvalue weighted by Gasteiger charge is -2.36. The van der Waals surface area contributed by atoms with E-state index in [4.69, 9.17) is 11.6 Å². The van der Waals surface area contributed by atoms with Gasteiger partial charge in [-0.2, -0.15) is 0 Å². The van der Waals surface area contributed by atoms with Crippen molar-refractivity contribution in [3.8, 4) is 0 Å². The molecule has 2 aromatic carbocycles. The predicted molar refractivity (Wildman–Crippen MR) is 110 cm³/mol. The number of nitro benzene ring substituents is 1. The maximum atomic E-state index is 13.9. The molecule has 0 unspecified atom stereocenters. The van der Waals surface area contributed by atoms with E-state index in [9.17, 15) is 19.3 Å². The van der Waals surface area contributed by atoms with Crippen LogP contribution in [0.3, 0.4) is 0 Å². The van der Waals surface area contributed by atoms with E-state index < -0.39 is 10.8 Å². The molecule has 9 heteroatoms. The first-order chi connectivity index (χ1) is 14.0. The lowest BCUT2D eigenvalue weighted by Crippen LogP contribution is -2.47. The Hall–Kier alpha value is -2.71. The Balaban J connectivity index is 1.41. The van der Waals surface area contributed by atoms with E-state index in [1.165, 1.54) is 24.3 Å². The number of halogens is 2. The normalized spacial score (nSPS) is 14.6. The van der Waals surface area contributed by atoms with Gasteiger partial charge in [0.15, 0.2) is 0 Å². The molecule has 0 aliphatic carbocycles. The second-order valence-electron chi connectivity index (χ2n) is 6.81. The Morgan fingerprint density at radius 3 is 2.59 bits per heavy atom. The minimum absolute atomic E-state index is 0.0966. The average molecular weight is 421 g/mol. The summed E-state index contributed by atoms with van der Waals surface area (Å²) < 4.78 is 13.9. The molecule has 1 aliphatic rings. The molecule has 1 fully saturated rings. The van der Waals surface area contributed by atoms with Crippen LogP contribution in [0.5, 0.6) is 0 Å². The standard InChI is InChI=1S/C20H22ClFN4O3/c21-17-7-6-15(26(28)29)14-16(17)20(27)23-8-3-9-24-10-12-25(13-11-24)19-5-2-1-4-18(19)22/h1-2,4-7,14H,3,8-13H2,(H,23,27). The monoisotopic (exact) mass is 420 g/mol. The summed E-state index contributed by atoms with van der Waals surface area (Å²) in [6.07, 6.45) is 0.734.